The first-order valence-corrected chi connectivity index (χ1v) is 32.1. The number of carbonyl (C=O) groups is 3. The lowest BCUT2D eigenvalue weighted by molar-refractivity contribution is -0.386. The summed E-state index contributed by atoms with van der Waals surface area (Å²) in [6.45, 7) is 2.09. The number of carboxylic acids is 1. The third kappa shape index (κ3) is 26.7. The van der Waals surface area contributed by atoms with E-state index < -0.39 is 155 Å². The molecule has 3 saturated heterocycles. The SMILES string of the molecule is CCCCCCCCCC/C=C/C(O)C(COC1OC(CO)C(OC2OC(CO)C(O)C(OC3(C(=O)O)CC(O)C(NC(C)=O)C(C(O)C(O)CO)O3)C2O)C(O)C1O)NC(=O)CCCCCCCCCCCCCCCCCCCCCC. The van der Waals surface area contributed by atoms with E-state index in [1.165, 1.54) is 128 Å². The van der Waals surface area contributed by atoms with Crippen molar-refractivity contribution in [3.63, 3.8) is 0 Å². The number of aliphatic carboxylic acids is 1. The molecule has 23 nitrogen and oxygen atoms in total. The highest BCUT2D eigenvalue weighted by Crippen LogP contribution is 2.38. The monoisotopic (exact) mass is 1210 g/mol. The van der Waals surface area contributed by atoms with E-state index in [1.54, 1.807) is 6.08 Å². The zero-order valence-corrected chi connectivity index (χ0v) is 50.8. The van der Waals surface area contributed by atoms with Gasteiger partial charge in [-0.1, -0.05) is 193 Å². The summed E-state index contributed by atoms with van der Waals surface area (Å²) in [7, 11) is 0. The van der Waals surface area contributed by atoms with E-state index in [2.05, 4.69) is 24.5 Å². The molecule has 3 aliphatic rings. The van der Waals surface area contributed by atoms with Gasteiger partial charge in [-0.15, -0.1) is 0 Å². The first-order valence-electron chi connectivity index (χ1n) is 32.1. The first-order chi connectivity index (χ1) is 40.4. The Balaban J connectivity index is 1.61. The van der Waals surface area contributed by atoms with E-state index >= 15 is 0 Å². The van der Waals surface area contributed by atoms with E-state index in [9.17, 15) is 75.7 Å². The molecule has 3 fully saturated rings. The molecule has 0 aliphatic carbocycles. The van der Waals surface area contributed by atoms with Crippen molar-refractivity contribution in [3.05, 3.63) is 12.2 Å². The summed E-state index contributed by atoms with van der Waals surface area (Å²) in [5.74, 6) is -6.14. The van der Waals surface area contributed by atoms with Gasteiger partial charge in [0.2, 0.25) is 11.8 Å². The molecule has 2 amide bonds. The highest BCUT2D eigenvalue weighted by Gasteiger charge is 2.60. The standard InChI is InChI=1S/C61H112N2O21/c1-4-6-8-10-12-14-16-17-18-19-20-21-22-23-24-25-27-29-31-33-35-48(71)63-42(43(68)34-32-30-28-26-15-13-11-9-7-5-2)40-79-58-53(75)52(74)55(47(39-66)81-58)82-59-54(76)57(51(73)46(38-65)80-59)84-61(60(77)78)36-44(69)49(62-41(3)67)56(83-61)50(72)45(70)37-64/h32,34,42-47,49-59,64-66,68-70,72-76H,4-31,33,35-40H2,1-3H3,(H,62,67)(H,63,71)(H,77,78)/b34-32+. The van der Waals surface area contributed by atoms with Gasteiger partial charge in [-0.3, -0.25) is 9.59 Å². The predicted molar refractivity (Wildman–Crippen MR) is 311 cm³/mol. The molecule has 3 aliphatic heterocycles. The number of unbranched alkanes of at least 4 members (excludes halogenated alkanes) is 27. The molecule has 0 radical (unpaired) electrons. The van der Waals surface area contributed by atoms with Crippen LogP contribution in [0.25, 0.3) is 0 Å². The van der Waals surface area contributed by atoms with Crippen LogP contribution in [0.3, 0.4) is 0 Å². The van der Waals surface area contributed by atoms with E-state index in [1.807, 2.05) is 6.08 Å². The number of hydrogen-bond acceptors (Lipinski definition) is 20. The van der Waals surface area contributed by atoms with Crippen LogP contribution in [0.4, 0.5) is 0 Å². The minimum Gasteiger partial charge on any atom is -0.477 e. The normalized spacial score (nSPS) is 29.8. The van der Waals surface area contributed by atoms with Gasteiger partial charge >= 0.3 is 5.97 Å². The third-order valence-corrected chi connectivity index (χ3v) is 16.5. The number of ether oxygens (including phenoxy) is 6. The Morgan fingerprint density at radius 3 is 1.58 bits per heavy atom. The van der Waals surface area contributed by atoms with Crippen LogP contribution in [-0.4, -0.2) is 215 Å². The quantitative estimate of drug-likeness (QED) is 0.0303. The van der Waals surface area contributed by atoms with Crippen LogP contribution in [0.15, 0.2) is 12.2 Å². The summed E-state index contributed by atoms with van der Waals surface area (Å²) < 4.78 is 34.7. The molecular formula is C61H112N2O21. The van der Waals surface area contributed by atoms with Crippen molar-refractivity contribution in [1.29, 1.82) is 0 Å². The van der Waals surface area contributed by atoms with Crippen molar-refractivity contribution in [2.24, 2.45) is 0 Å². The molecule has 0 aromatic heterocycles. The van der Waals surface area contributed by atoms with Gasteiger partial charge in [0.1, 0.15) is 67.1 Å². The molecule has 0 bridgehead atoms. The maximum absolute atomic E-state index is 13.4. The Labute approximate surface area is 499 Å². The van der Waals surface area contributed by atoms with E-state index in [0.29, 0.717) is 12.8 Å². The average Bonchev–Trinajstić information content (AvgIpc) is 2.42. The molecule has 0 spiro atoms. The fourth-order valence-electron chi connectivity index (χ4n) is 11.3. The fourth-order valence-corrected chi connectivity index (χ4v) is 11.3. The molecule has 0 aromatic rings. The molecule has 0 saturated carbocycles. The number of hydrogen-bond donors (Lipinski definition) is 14. The summed E-state index contributed by atoms with van der Waals surface area (Å²) in [5.41, 5.74) is 0. The van der Waals surface area contributed by atoms with Gasteiger partial charge in [0.15, 0.2) is 12.6 Å². The van der Waals surface area contributed by atoms with Gasteiger partial charge in [0.05, 0.1) is 50.7 Å². The second-order valence-corrected chi connectivity index (χ2v) is 23.6. The minimum atomic E-state index is -3.08. The van der Waals surface area contributed by atoms with Crippen LogP contribution in [0.5, 0.6) is 0 Å². The lowest BCUT2D eigenvalue weighted by Crippen LogP contribution is -2.70. The van der Waals surface area contributed by atoms with Crippen LogP contribution < -0.4 is 10.6 Å². The molecule has 14 N–H and O–H groups in total. The second kappa shape index (κ2) is 43.2. The number of allylic oxidation sites excluding steroid dienone is 1. The number of nitrogens with one attached hydrogen (secondary N) is 2. The molecule has 0 aromatic carbocycles. The van der Waals surface area contributed by atoms with Crippen molar-refractivity contribution in [1.82, 2.24) is 10.6 Å². The maximum atomic E-state index is 13.4. The smallest absolute Gasteiger partial charge is 0.364 e. The van der Waals surface area contributed by atoms with Gasteiger partial charge in [-0.25, -0.2) is 4.79 Å². The maximum Gasteiger partial charge on any atom is 0.364 e. The van der Waals surface area contributed by atoms with Gasteiger partial charge < -0.3 is 100 Å². The molecule has 18 atom stereocenters. The van der Waals surface area contributed by atoms with Crippen molar-refractivity contribution < 1.29 is 104 Å². The first kappa shape index (κ1) is 75.7. The zero-order chi connectivity index (χ0) is 61.9. The lowest BCUT2D eigenvalue weighted by atomic mass is 9.88. The molecule has 492 valence electrons. The number of aliphatic hydroxyl groups excluding tert-OH is 11. The number of carboxylic acid groups (broad SMARTS) is 1. The lowest BCUT2D eigenvalue weighted by Gasteiger charge is -2.50. The molecule has 3 rings (SSSR count). The van der Waals surface area contributed by atoms with E-state index in [4.69, 9.17) is 28.4 Å². The number of amides is 2. The van der Waals surface area contributed by atoms with Crippen LogP contribution in [-0.2, 0) is 42.8 Å². The topological polar surface area (TPSA) is 373 Å². The van der Waals surface area contributed by atoms with Gasteiger partial charge in [0.25, 0.3) is 5.79 Å². The Morgan fingerprint density at radius 1 is 0.619 bits per heavy atom. The van der Waals surface area contributed by atoms with Crippen LogP contribution in [0, 0.1) is 0 Å². The summed E-state index contributed by atoms with van der Waals surface area (Å²) in [6.07, 6.45) is 8.61. The molecular weight excluding hydrogens is 1100 g/mol. The second-order valence-electron chi connectivity index (χ2n) is 23.6. The Bertz CT molecular complexity index is 1770. The van der Waals surface area contributed by atoms with Crippen molar-refractivity contribution in [2.75, 3.05) is 26.4 Å². The van der Waals surface area contributed by atoms with Crippen molar-refractivity contribution >= 4 is 17.8 Å². The van der Waals surface area contributed by atoms with Gasteiger partial charge in [0, 0.05) is 19.8 Å². The van der Waals surface area contributed by atoms with E-state index in [-0.39, 0.29) is 12.3 Å². The molecule has 23 heteroatoms. The molecule has 18 unspecified atom stereocenters. The number of rotatable bonds is 47. The van der Waals surface area contributed by atoms with Crippen molar-refractivity contribution in [3.8, 4) is 0 Å². The third-order valence-electron chi connectivity index (χ3n) is 16.5. The van der Waals surface area contributed by atoms with Crippen LogP contribution in [0.1, 0.15) is 220 Å². The van der Waals surface area contributed by atoms with Gasteiger partial charge in [-0.05, 0) is 19.3 Å². The molecule has 84 heavy (non-hydrogen) atoms. The van der Waals surface area contributed by atoms with Crippen LogP contribution >= 0.6 is 0 Å². The highest BCUT2D eigenvalue weighted by molar-refractivity contribution is 5.77. The summed E-state index contributed by atoms with van der Waals surface area (Å²) in [6, 6.07) is -2.61. The van der Waals surface area contributed by atoms with Gasteiger partial charge in [-0.2, -0.15) is 0 Å². The van der Waals surface area contributed by atoms with Crippen LogP contribution in [0.2, 0.25) is 0 Å². The highest BCUT2D eigenvalue weighted by atomic mass is 16.8. The summed E-state index contributed by atoms with van der Waals surface area (Å²) >= 11 is 0. The Morgan fingerprint density at radius 2 is 1.11 bits per heavy atom. The minimum absolute atomic E-state index is 0.204. The summed E-state index contributed by atoms with van der Waals surface area (Å²) in [4.78, 5) is 38.4. The Kier molecular flexibility index (Phi) is 38.9. The zero-order valence-electron chi connectivity index (χ0n) is 50.8. The molecule has 3 heterocycles. The largest absolute Gasteiger partial charge is 0.477 e. The summed E-state index contributed by atoms with van der Waals surface area (Å²) in [5, 5.41) is 135. The number of carbonyl (C=O) groups excluding carboxylic acids is 2. The van der Waals surface area contributed by atoms with Crippen molar-refractivity contribution in [2.45, 2.75) is 330 Å². The fraction of sp³-hybridized carbons (Fsp3) is 0.918. The number of aliphatic hydroxyl groups is 11. The van der Waals surface area contributed by atoms with E-state index in [0.717, 1.165) is 51.9 Å². The predicted octanol–water partition coefficient (Wildman–Crippen LogP) is 3.95. The average molecular weight is 1210 g/mol. The Hall–Kier alpha value is -2.53.